The highest BCUT2D eigenvalue weighted by atomic mass is 35.5. The number of carbonyl (C=O) groups excluding carboxylic acids is 1. The van der Waals surface area contributed by atoms with Crippen LogP contribution < -0.4 is 5.32 Å². The highest BCUT2D eigenvalue weighted by Crippen LogP contribution is 2.30. The van der Waals surface area contributed by atoms with Gasteiger partial charge in [-0.1, -0.05) is 29.6 Å². The fourth-order valence-electron chi connectivity index (χ4n) is 3.38. The van der Waals surface area contributed by atoms with Crippen LogP contribution in [-0.2, 0) is 17.8 Å². The molecule has 0 unspecified atom stereocenters. The molecule has 5 nitrogen and oxygen atoms in total. The molecule has 0 atom stereocenters. The lowest BCUT2D eigenvalue weighted by Crippen LogP contribution is -2.15. The molecular formula is C21H19Cl2FN4OS. The van der Waals surface area contributed by atoms with Crippen molar-refractivity contribution in [3.8, 4) is 11.4 Å². The third-order valence-electron chi connectivity index (χ3n) is 4.86. The number of aryl methyl sites for hydroxylation is 1. The molecule has 0 saturated heterocycles. The molecule has 9 heteroatoms. The minimum atomic E-state index is -0.506. The Balaban J connectivity index is 1.49. The Morgan fingerprint density at radius 1 is 1.13 bits per heavy atom. The summed E-state index contributed by atoms with van der Waals surface area (Å²) < 4.78 is 16.4. The molecule has 4 rings (SSSR count). The summed E-state index contributed by atoms with van der Waals surface area (Å²) >= 11 is 13.3. The number of hydrogen-bond acceptors (Lipinski definition) is 4. The highest BCUT2D eigenvalue weighted by molar-refractivity contribution is 8.00. The summed E-state index contributed by atoms with van der Waals surface area (Å²) in [5, 5.41) is 12.3. The van der Waals surface area contributed by atoms with Gasteiger partial charge in [0.2, 0.25) is 5.91 Å². The first-order valence-electron chi connectivity index (χ1n) is 9.61. The molecule has 0 fully saturated rings. The van der Waals surface area contributed by atoms with E-state index < -0.39 is 5.82 Å². The maximum Gasteiger partial charge on any atom is 0.234 e. The summed E-state index contributed by atoms with van der Waals surface area (Å²) in [5.41, 5.74) is 0.833. The van der Waals surface area contributed by atoms with Gasteiger partial charge >= 0.3 is 0 Å². The van der Waals surface area contributed by atoms with Crippen molar-refractivity contribution in [2.24, 2.45) is 0 Å². The van der Waals surface area contributed by atoms with Crippen molar-refractivity contribution < 1.29 is 9.18 Å². The van der Waals surface area contributed by atoms with Crippen LogP contribution >= 0.6 is 35.0 Å². The number of anilines is 1. The lowest BCUT2D eigenvalue weighted by molar-refractivity contribution is -0.113. The summed E-state index contributed by atoms with van der Waals surface area (Å²) in [6.45, 7) is 0.841. The number of hydrogen-bond donors (Lipinski definition) is 1. The fourth-order valence-corrected chi connectivity index (χ4v) is 4.67. The van der Waals surface area contributed by atoms with Gasteiger partial charge in [-0.3, -0.25) is 4.79 Å². The molecule has 1 amide bonds. The zero-order valence-corrected chi connectivity index (χ0v) is 18.3. The third-order valence-corrected chi connectivity index (χ3v) is 6.59. The number of nitrogens with one attached hydrogen (secondary N) is 1. The molecule has 1 N–H and O–H groups in total. The van der Waals surface area contributed by atoms with E-state index in [2.05, 4.69) is 20.1 Å². The molecule has 0 saturated carbocycles. The van der Waals surface area contributed by atoms with Crippen LogP contribution in [-0.4, -0.2) is 26.4 Å². The average Bonchev–Trinajstić information content (AvgIpc) is 2.98. The molecule has 0 spiro atoms. The second kappa shape index (κ2) is 9.37. The van der Waals surface area contributed by atoms with Gasteiger partial charge in [0.05, 0.1) is 16.5 Å². The Kier molecular flexibility index (Phi) is 6.61. The number of thioether (sulfide) groups is 1. The fraction of sp³-hybridized carbons (Fsp3) is 0.286. The van der Waals surface area contributed by atoms with E-state index in [4.69, 9.17) is 23.2 Å². The van der Waals surface area contributed by atoms with Gasteiger partial charge in [0.25, 0.3) is 0 Å². The van der Waals surface area contributed by atoms with E-state index in [0.29, 0.717) is 20.8 Å². The number of nitrogens with zero attached hydrogens (tertiary/aromatic N) is 3. The van der Waals surface area contributed by atoms with E-state index in [1.54, 1.807) is 30.3 Å². The summed E-state index contributed by atoms with van der Waals surface area (Å²) in [6.07, 6.45) is 4.20. The quantitative estimate of drug-likeness (QED) is 0.481. The molecule has 0 bridgehead atoms. The Morgan fingerprint density at radius 2 is 2.00 bits per heavy atom. The predicted molar refractivity (Wildman–Crippen MR) is 119 cm³/mol. The number of amides is 1. The number of halogens is 3. The zero-order valence-electron chi connectivity index (χ0n) is 16.0. The Bertz CT molecular complexity index is 1090. The maximum atomic E-state index is 14.4. The van der Waals surface area contributed by atoms with Gasteiger partial charge in [-0.15, -0.1) is 22.0 Å². The van der Waals surface area contributed by atoms with Gasteiger partial charge in [0, 0.05) is 28.4 Å². The van der Waals surface area contributed by atoms with Crippen LogP contribution in [0.3, 0.4) is 0 Å². The molecule has 2 heterocycles. The topological polar surface area (TPSA) is 59.8 Å². The van der Waals surface area contributed by atoms with Crippen molar-refractivity contribution in [3.05, 3.63) is 58.1 Å². The molecule has 1 aliphatic rings. The van der Waals surface area contributed by atoms with Crippen LogP contribution in [0.2, 0.25) is 10.0 Å². The Morgan fingerprint density at radius 3 is 2.87 bits per heavy atom. The predicted octanol–water partition coefficient (Wildman–Crippen LogP) is 5.85. The van der Waals surface area contributed by atoms with E-state index >= 15 is 0 Å². The minimum Gasteiger partial charge on any atom is -0.323 e. The van der Waals surface area contributed by atoms with Crippen molar-refractivity contribution in [2.45, 2.75) is 37.1 Å². The van der Waals surface area contributed by atoms with Gasteiger partial charge in [-0.05, 0) is 49.2 Å². The minimum absolute atomic E-state index is 0.0735. The van der Waals surface area contributed by atoms with Gasteiger partial charge in [-0.25, -0.2) is 4.39 Å². The number of fused-ring (bicyclic) bond motifs is 1. The van der Waals surface area contributed by atoms with Crippen molar-refractivity contribution in [1.82, 2.24) is 14.8 Å². The molecule has 3 aromatic rings. The van der Waals surface area contributed by atoms with Crippen LogP contribution in [0.5, 0.6) is 0 Å². The second-order valence-corrected chi connectivity index (χ2v) is 8.87. The first-order valence-corrected chi connectivity index (χ1v) is 11.3. The number of rotatable bonds is 5. The van der Waals surface area contributed by atoms with E-state index in [-0.39, 0.29) is 17.3 Å². The molecule has 2 aromatic carbocycles. The molecule has 30 heavy (non-hydrogen) atoms. The molecule has 1 aliphatic heterocycles. The molecular weight excluding hydrogens is 446 g/mol. The summed E-state index contributed by atoms with van der Waals surface area (Å²) in [6, 6.07) is 9.65. The number of carbonyl (C=O) groups is 1. The largest absolute Gasteiger partial charge is 0.323 e. The first-order chi connectivity index (χ1) is 14.5. The first kappa shape index (κ1) is 21.2. The SMILES string of the molecule is O=C(CSc1cc(Cl)ccc1Cl)Nc1cc(-c2nnc3n2CCCCC3)ccc1F. The van der Waals surface area contributed by atoms with E-state index in [1.807, 2.05) is 0 Å². The number of benzene rings is 2. The smallest absolute Gasteiger partial charge is 0.234 e. The normalized spacial score (nSPS) is 13.6. The van der Waals surface area contributed by atoms with Crippen LogP contribution in [0, 0.1) is 5.82 Å². The Hall–Kier alpha value is -2.09. The lowest BCUT2D eigenvalue weighted by Gasteiger charge is -2.11. The second-order valence-electron chi connectivity index (χ2n) is 7.01. The van der Waals surface area contributed by atoms with Crippen molar-refractivity contribution in [3.63, 3.8) is 0 Å². The van der Waals surface area contributed by atoms with Crippen molar-refractivity contribution in [2.75, 3.05) is 11.1 Å². The van der Waals surface area contributed by atoms with E-state index in [0.717, 1.165) is 43.6 Å². The molecule has 0 radical (unpaired) electrons. The monoisotopic (exact) mass is 464 g/mol. The highest BCUT2D eigenvalue weighted by Gasteiger charge is 2.18. The Labute approximate surface area is 188 Å². The van der Waals surface area contributed by atoms with Gasteiger partial charge in [0.15, 0.2) is 5.82 Å². The van der Waals surface area contributed by atoms with Crippen LogP contribution in [0.15, 0.2) is 41.3 Å². The summed E-state index contributed by atoms with van der Waals surface area (Å²) in [4.78, 5) is 13.1. The lowest BCUT2D eigenvalue weighted by atomic mass is 10.1. The van der Waals surface area contributed by atoms with Crippen LogP contribution in [0.4, 0.5) is 10.1 Å². The molecule has 1 aromatic heterocycles. The third kappa shape index (κ3) is 4.79. The van der Waals surface area contributed by atoms with Crippen molar-refractivity contribution >= 4 is 46.6 Å². The van der Waals surface area contributed by atoms with Gasteiger partial charge < -0.3 is 9.88 Å². The standard InChI is InChI=1S/C21H19Cl2FN4OS/c22-14-6-7-15(23)18(11-14)30-12-20(29)25-17-10-13(5-8-16(17)24)21-27-26-19-4-2-1-3-9-28(19)21/h5-8,10-11H,1-4,9,12H2,(H,25,29). The van der Waals surface area contributed by atoms with Gasteiger partial charge in [-0.2, -0.15) is 0 Å². The zero-order chi connectivity index (χ0) is 21.1. The summed E-state index contributed by atoms with van der Waals surface area (Å²) in [7, 11) is 0. The van der Waals surface area contributed by atoms with Gasteiger partial charge in [0.1, 0.15) is 11.6 Å². The maximum absolute atomic E-state index is 14.4. The van der Waals surface area contributed by atoms with E-state index in [9.17, 15) is 9.18 Å². The molecule has 156 valence electrons. The number of aromatic nitrogens is 3. The average molecular weight is 465 g/mol. The van der Waals surface area contributed by atoms with Crippen molar-refractivity contribution in [1.29, 1.82) is 0 Å². The van der Waals surface area contributed by atoms with Crippen LogP contribution in [0.25, 0.3) is 11.4 Å². The molecule has 0 aliphatic carbocycles. The summed E-state index contributed by atoms with van der Waals surface area (Å²) in [5.74, 6) is 0.875. The van der Waals surface area contributed by atoms with Crippen LogP contribution in [0.1, 0.15) is 25.1 Å². The van der Waals surface area contributed by atoms with E-state index in [1.165, 1.54) is 17.8 Å².